The second kappa shape index (κ2) is 6.75. The van der Waals surface area contributed by atoms with Crippen molar-refractivity contribution in [3.8, 4) is 0 Å². The van der Waals surface area contributed by atoms with Crippen molar-refractivity contribution in [3.05, 3.63) is 54.1 Å². The molecule has 1 aromatic carbocycles. The minimum atomic E-state index is -0.337. The number of pyridine rings is 1. The number of nitrogens with zero attached hydrogens (tertiary/aromatic N) is 3. The molecule has 1 aliphatic heterocycles. The first-order valence-corrected chi connectivity index (χ1v) is 7.59. The maximum atomic E-state index is 13.7. The summed E-state index contributed by atoms with van der Waals surface area (Å²) in [4.78, 5) is 20.7. The summed E-state index contributed by atoms with van der Waals surface area (Å²) in [6.07, 6.45) is 1.56. The fraction of sp³-hybridized carbons (Fsp3) is 0.294. The lowest BCUT2D eigenvalue weighted by atomic mass is 10.2. The number of aromatic nitrogens is 1. The number of nitrogens with one attached hydrogen (secondary N) is 1. The lowest BCUT2D eigenvalue weighted by Crippen LogP contribution is -2.47. The zero-order chi connectivity index (χ0) is 16.2. The summed E-state index contributed by atoms with van der Waals surface area (Å²) in [5, 5.41) is 2.98. The van der Waals surface area contributed by atoms with Crippen LogP contribution in [0.5, 0.6) is 0 Å². The quantitative estimate of drug-likeness (QED) is 0.945. The summed E-state index contributed by atoms with van der Waals surface area (Å²) < 4.78 is 13.7. The number of para-hydroxylation sites is 1. The molecule has 1 fully saturated rings. The predicted molar refractivity (Wildman–Crippen MR) is 87.3 cm³/mol. The van der Waals surface area contributed by atoms with Gasteiger partial charge >= 0.3 is 0 Å². The number of piperazine rings is 1. The molecular formula is C17H19FN4O. The number of likely N-dealkylation sites (N-methyl/N-ethyl adjacent to an activating group) is 1. The number of hydrogen-bond acceptors (Lipinski definition) is 4. The van der Waals surface area contributed by atoms with Crippen molar-refractivity contribution in [1.82, 2.24) is 14.8 Å². The summed E-state index contributed by atoms with van der Waals surface area (Å²) in [7, 11) is 2.04. The maximum absolute atomic E-state index is 13.7. The van der Waals surface area contributed by atoms with E-state index in [1.165, 1.54) is 6.07 Å². The van der Waals surface area contributed by atoms with Gasteiger partial charge in [-0.1, -0.05) is 12.1 Å². The highest BCUT2D eigenvalue weighted by molar-refractivity contribution is 5.93. The summed E-state index contributed by atoms with van der Waals surface area (Å²) >= 11 is 0. The minimum Gasteiger partial charge on any atom is -0.353 e. The monoisotopic (exact) mass is 314 g/mol. The van der Waals surface area contributed by atoms with Gasteiger partial charge < -0.3 is 15.1 Å². The second-order valence-electron chi connectivity index (χ2n) is 5.63. The van der Waals surface area contributed by atoms with E-state index in [0.717, 1.165) is 13.1 Å². The third-order valence-electron chi connectivity index (χ3n) is 3.92. The number of rotatable bonds is 3. The minimum absolute atomic E-state index is 0.0877. The lowest BCUT2D eigenvalue weighted by molar-refractivity contribution is 0.0658. The van der Waals surface area contributed by atoms with Crippen molar-refractivity contribution in [3.63, 3.8) is 0 Å². The van der Waals surface area contributed by atoms with E-state index in [1.54, 1.807) is 41.4 Å². The number of carbonyl (C=O) groups is 1. The molecule has 1 saturated heterocycles. The SMILES string of the molecule is CN1CCN(C(=O)c2cc(Nc3ccccc3F)ccn2)CC1. The van der Waals surface area contributed by atoms with Crippen molar-refractivity contribution in [1.29, 1.82) is 0 Å². The molecule has 0 bridgehead atoms. The molecule has 2 heterocycles. The van der Waals surface area contributed by atoms with E-state index in [4.69, 9.17) is 0 Å². The van der Waals surface area contributed by atoms with Crippen molar-refractivity contribution in [2.45, 2.75) is 0 Å². The molecule has 0 atom stereocenters. The topological polar surface area (TPSA) is 48.5 Å². The van der Waals surface area contributed by atoms with Gasteiger partial charge in [-0.2, -0.15) is 0 Å². The Hall–Kier alpha value is -2.47. The molecule has 0 unspecified atom stereocenters. The molecule has 0 aliphatic carbocycles. The third kappa shape index (κ3) is 3.65. The molecule has 23 heavy (non-hydrogen) atoms. The lowest BCUT2D eigenvalue weighted by Gasteiger charge is -2.32. The van der Waals surface area contributed by atoms with Gasteiger partial charge in [0.1, 0.15) is 11.5 Å². The van der Waals surface area contributed by atoms with Crippen LogP contribution in [0.3, 0.4) is 0 Å². The van der Waals surface area contributed by atoms with Gasteiger partial charge in [0, 0.05) is 38.1 Å². The van der Waals surface area contributed by atoms with E-state index in [-0.39, 0.29) is 11.7 Å². The van der Waals surface area contributed by atoms with Gasteiger partial charge in [0.05, 0.1) is 5.69 Å². The van der Waals surface area contributed by atoms with Crippen LogP contribution in [-0.2, 0) is 0 Å². The molecule has 1 aromatic heterocycles. The molecular weight excluding hydrogens is 295 g/mol. The molecule has 120 valence electrons. The molecule has 2 aromatic rings. The van der Waals surface area contributed by atoms with Crippen LogP contribution in [0.1, 0.15) is 10.5 Å². The summed E-state index contributed by atoms with van der Waals surface area (Å²) in [5.41, 5.74) is 1.38. The molecule has 0 spiro atoms. The Morgan fingerprint density at radius 2 is 1.91 bits per heavy atom. The van der Waals surface area contributed by atoms with Gasteiger partial charge in [-0.05, 0) is 31.3 Å². The average Bonchev–Trinajstić information content (AvgIpc) is 2.57. The smallest absolute Gasteiger partial charge is 0.272 e. The molecule has 5 nitrogen and oxygen atoms in total. The number of benzene rings is 1. The Morgan fingerprint density at radius 1 is 1.17 bits per heavy atom. The van der Waals surface area contributed by atoms with E-state index in [2.05, 4.69) is 15.2 Å². The summed E-state index contributed by atoms with van der Waals surface area (Å²) in [5.74, 6) is -0.424. The summed E-state index contributed by atoms with van der Waals surface area (Å²) in [6, 6.07) is 9.80. The van der Waals surface area contributed by atoms with Crippen molar-refractivity contribution in [2.75, 3.05) is 38.5 Å². The average molecular weight is 314 g/mol. The number of amides is 1. The maximum Gasteiger partial charge on any atom is 0.272 e. The van der Waals surface area contributed by atoms with Crippen LogP contribution >= 0.6 is 0 Å². The Labute approximate surface area is 134 Å². The number of halogens is 1. The van der Waals surface area contributed by atoms with E-state index >= 15 is 0 Å². The number of hydrogen-bond donors (Lipinski definition) is 1. The van der Waals surface area contributed by atoms with E-state index in [9.17, 15) is 9.18 Å². The highest BCUT2D eigenvalue weighted by atomic mass is 19.1. The fourth-order valence-corrected chi connectivity index (χ4v) is 2.51. The Balaban J connectivity index is 1.75. The van der Waals surface area contributed by atoms with Gasteiger partial charge in [-0.15, -0.1) is 0 Å². The Kier molecular flexibility index (Phi) is 4.52. The first-order valence-electron chi connectivity index (χ1n) is 7.59. The van der Waals surface area contributed by atoms with E-state index in [0.29, 0.717) is 30.2 Å². The molecule has 1 N–H and O–H groups in total. The Bertz CT molecular complexity index is 698. The zero-order valence-corrected chi connectivity index (χ0v) is 13.0. The molecule has 1 amide bonds. The van der Waals surface area contributed by atoms with E-state index < -0.39 is 0 Å². The predicted octanol–water partition coefficient (Wildman–Crippen LogP) is 2.35. The van der Waals surface area contributed by atoms with Crippen LogP contribution in [0.15, 0.2) is 42.6 Å². The third-order valence-corrected chi connectivity index (χ3v) is 3.92. The van der Waals surface area contributed by atoms with Gasteiger partial charge in [0.2, 0.25) is 0 Å². The summed E-state index contributed by atoms with van der Waals surface area (Å²) in [6.45, 7) is 3.11. The highest BCUT2D eigenvalue weighted by Gasteiger charge is 2.21. The van der Waals surface area contributed by atoms with Crippen LogP contribution in [-0.4, -0.2) is 53.9 Å². The normalized spacial score (nSPS) is 15.5. The van der Waals surface area contributed by atoms with Crippen molar-refractivity contribution in [2.24, 2.45) is 0 Å². The van der Waals surface area contributed by atoms with Crippen LogP contribution < -0.4 is 5.32 Å². The standard InChI is InChI=1S/C17H19FN4O/c1-21-8-10-22(11-9-21)17(23)16-12-13(6-7-19-16)20-15-5-3-2-4-14(15)18/h2-7,12H,8-11H2,1H3,(H,19,20). The zero-order valence-electron chi connectivity index (χ0n) is 13.0. The fourth-order valence-electron chi connectivity index (χ4n) is 2.51. The molecule has 0 saturated carbocycles. The molecule has 6 heteroatoms. The van der Waals surface area contributed by atoms with E-state index in [1.807, 2.05) is 7.05 Å². The van der Waals surface area contributed by atoms with Gasteiger partial charge in [-0.25, -0.2) is 4.39 Å². The number of anilines is 2. The van der Waals surface area contributed by atoms with Crippen molar-refractivity contribution < 1.29 is 9.18 Å². The van der Waals surface area contributed by atoms with Crippen LogP contribution in [0, 0.1) is 5.82 Å². The van der Waals surface area contributed by atoms with Crippen LogP contribution in [0.25, 0.3) is 0 Å². The highest BCUT2D eigenvalue weighted by Crippen LogP contribution is 2.20. The van der Waals surface area contributed by atoms with Gasteiger partial charge in [0.15, 0.2) is 0 Å². The van der Waals surface area contributed by atoms with Crippen LogP contribution in [0.2, 0.25) is 0 Å². The van der Waals surface area contributed by atoms with Crippen molar-refractivity contribution >= 4 is 17.3 Å². The second-order valence-corrected chi connectivity index (χ2v) is 5.63. The van der Waals surface area contributed by atoms with Gasteiger partial charge in [0.25, 0.3) is 5.91 Å². The molecule has 0 radical (unpaired) electrons. The molecule has 1 aliphatic rings. The van der Waals surface area contributed by atoms with Crippen LogP contribution in [0.4, 0.5) is 15.8 Å². The van der Waals surface area contributed by atoms with Gasteiger partial charge in [-0.3, -0.25) is 9.78 Å². The number of carbonyl (C=O) groups excluding carboxylic acids is 1. The first kappa shape index (κ1) is 15.4. The molecule has 3 rings (SSSR count). The Morgan fingerprint density at radius 3 is 2.65 bits per heavy atom. The first-order chi connectivity index (χ1) is 11.1. The largest absolute Gasteiger partial charge is 0.353 e.